The van der Waals surface area contributed by atoms with E-state index in [1.165, 1.54) is 45.6 Å². The maximum Gasteiger partial charge on any atom is 0.200 e. The van der Waals surface area contributed by atoms with Crippen molar-refractivity contribution in [1.29, 1.82) is 0 Å². The summed E-state index contributed by atoms with van der Waals surface area (Å²) in [5.74, 6) is -0.302. The molecule has 0 amide bonds. The van der Waals surface area contributed by atoms with Gasteiger partial charge in [-0.25, -0.2) is 4.39 Å². The Morgan fingerprint density at radius 1 is 0.960 bits per heavy atom. The van der Waals surface area contributed by atoms with Gasteiger partial charge in [0.05, 0.1) is 7.11 Å². The summed E-state index contributed by atoms with van der Waals surface area (Å²) in [5.41, 5.74) is 1.59. The maximum atomic E-state index is 14.6. The van der Waals surface area contributed by atoms with Crippen LogP contribution in [0.1, 0.15) is 95.1 Å². The number of unbranched alkanes of at least 4 members (excludes halogenated alkanes) is 3. The molecule has 1 aromatic carbocycles. The zero-order valence-corrected chi connectivity index (χ0v) is 16.2. The monoisotopic (exact) mass is 352 g/mol. The molecule has 1 nitrogen and oxygen atoms in total. The lowest BCUT2D eigenvalue weighted by Crippen LogP contribution is -2.16. The van der Waals surface area contributed by atoms with E-state index < -0.39 is 11.6 Å². The van der Waals surface area contributed by atoms with Gasteiger partial charge in [0, 0.05) is 0 Å². The highest BCUT2D eigenvalue weighted by Crippen LogP contribution is 2.41. The SMILES string of the molecule is CCCCCC1CCC(c2cc(OC)c(F)c(F)c2CCCC)CC1. The first-order chi connectivity index (χ1) is 12.1. The van der Waals surface area contributed by atoms with Gasteiger partial charge >= 0.3 is 0 Å². The Hall–Kier alpha value is -1.12. The summed E-state index contributed by atoms with van der Waals surface area (Å²) in [7, 11) is 1.41. The third-order valence-electron chi connectivity index (χ3n) is 5.81. The van der Waals surface area contributed by atoms with Gasteiger partial charge in [-0.1, -0.05) is 46.0 Å². The lowest BCUT2D eigenvalue weighted by Gasteiger charge is -2.30. The fourth-order valence-corrected chi connectivity index (χ4v) is 4.22. The molecule has 0 saturated heterocycles. The van der Waals surface area contributed by atoms with E-state index in [0.717, 1.165) is 37.2 Å². The van der Waals surface area contributed by atoms with E-state index in [4.69, 9.17) is 4.74 Å². The lowest BCUT2D eigenvalue weighted by atomic mass is 9.75. The molecule has 1 aliphatic rings. The van der Waals surface area contributed by atoms with E-state index in [1.54, 1.807) is 6.07 Å². The molecule has 0 radical (unpaired) electrons. The van der Waals surface area contributed by atoms with Crippen molar-refractivity contribution in [2.45, 2.75) is 90.4 Å². The molecule has 0 aliphatic heterocycles. The summed E-state index contributed by atoms with van der Waals surface area (Å²) in [6, 6.07) is 1.77. The Morgan fingerprint density at radius 3 is 2.24 bits per heavy atom. The number of hydrogen-bond donors (Lipinski definition) is 0. The van der Waals surface area contributed by atoms with Crippen LogP contribution in [-0.4, -0.2) is 7.11 Å². The van der Waals surface area contributed by atoms with E-state index in [1.807, 2.05) is 0 Å². The van der Waals surface area contributed by atoms with Crippen LogP contribution in [0.15, 0.2) is 6.07 Å². The van der Waals surface area contributed by atoms with Gasteiger partial charge in [0.25, 0.3) is 0 Å². The third kappa shape index (κ3) is 5.18. The standard InChI is InChI=1S/C22H34F2O/c1-4-6-8-9-16-11-13-17(14-12-16)19-15-20(25-3)22(24)21(23)18(19)10-7-5-2/h15-17H,4-14H2,1-3H3. The molecule has 1 saturated carbocycles. The molecule has 0 N–H and O–H groups in total. The van der Waals surface area contributed by atoms with Gasteiger partial charge in [0.1, 0.15) is 0 Å². The fraction of sp³-hybridized carbons (Fsp3) is 0.727. The smallest absolute Gasteiger partial charge is 0.200 e. The summed E-state index contributed by atoms with van der Waals surface area (Å²) >= 11 is 0. The highest BCUT2D eigenvalue weighted by Gasteiger charge is 2.27. The Morgan fingerprint density at radius 2 is 1.64 bits per heavy atom. The van der Waals surface area contributed by atoms with Crippen molar-refractivity contribution in [3.63, 3.8) is 0 Å². The number of benzene rings is 1. The van der Waals surface area contributed by atoms with Gasteiger partial charge < -0.3 is 4.74 Å². The quantitative estimate of drug-likeness (QED) is 0.428. The summed E-state index contributed by atoms with van der Waals surface area (Å²) < 4.78 is 33.9. The summed E-state index contributed by atoms with van der Waals surface area (Å²) in [6.07, 6.45) is 12.3. The zero-order valence-electron chi connectivity index (χ0n) is 16.2. The normalized spacial score (nSPS) is 20.7. The minimum atomic E-state index is -0.828. The van der Waals surface area contributed by atoms with Gasteiger partial charge in [-0.3, -0.25) is 0 Å². The van der Waals surface area contributed by atoms with Gasteiger partial charge in [-0.15, -0.1) is 0 Å². The molecule has 1 aromatic rings. The zero-order chi connectivity index (χ0) is 18.2. The number of halogens is 2. The molecule has 3 heteroatoms. The molecule has 25 heavy (non-hydrogen) atoms. The van der Waals surface area contributed by atoms with Crippen molar-refractivity contribution < 1.29 is 13.5 Å². The molecule has 142 valence electrons. The first-order valence-corrected chi connectivity index (χ1v) is 10.2. The van der Waals surface area contributed by atoms with E-state index in [9.17, 15) is 8.78 Å². The highest BCUT2D eigenvalue weighted by atomic mass is 19.2. The van der Waals surface area contributed by atoms with E-state index in [-0.39, 0.29) is 5.75 Å². The van der Waals surface area contributed by atoms with Crippen molar-refractivity contribution in [2.75, 3.05) is 7.11 Å². The summed E-state index contributed by atoms with van der Waals surface area (Å²) in [4.78, 5) is 0. The van der Waals surface area contributed by atoms with Crippen LogP contribution in [0, 0.1) is 17.6 Å². The van der Waals surface area contributed by atoms with Gasteiger partial charge in [-0.2, -0.15) is 4.39 Å². The molecule has 0 spiro atoms. The van der Waals surface area contributed by atoms with Crippen molar-refractivity contribution in [1.82, 2.24) is 0 Å². The van der Waals surface area contributed by atoms with E-state index >= 15 is 0 Å². The van der Waals surface area contributed by atoms with Gasteiger partial charge in [0.15, 0.2) is 11.6 Å². The molecule has 1 aliphatic carbocycles. The van der Waals surface area contributed by atoms with Crippen LogP contribution >= 0.6 is 0 Å². The predicted molar refractivity (Wildman–Crippen MR) is 100 cm³/mol. The second-order valence-corrected chi connectivity index (χ2v) is 7.59. The molecule has 0 atom stereocenters. The average Bonchev–Trinajstić information content (AvgIpc) is 2.64. The van der Waals surface area contributed by atoms with Crippen molar-refractivity contribution in [3.05, 3.63) is 28.8 Å². The Balaban J connectivity index is 2.13. The number of methoxy groups -OCH3 is 1. The second kappa shape index (κ2) is 10.1. The third-order valence-corrected chi connectivity index (χ3v) is 5.81. The summed E-state index contributed by atoms with van der Waals surface area (Å²) in [5, 5.41) is 0. The molecule has 0 bridgehead atoms. The van der Waals surface area contributed by atoms with Crippen molar-refractivity contribution >= 4 is 0 Å². The molecule has 0 unspecified atom stereocenters. The van der Waals surface area contributed by atoms with Crippen LogP contribution in [0.25, 0.3) is 0 Å². The van der Waals surface area contributed by atoms with Crippen LogP contribution in [0.2, 0.25) is 0 Å². The van der Waals surface area contributed by atoms with Crippen molar-refractivity contribution in [3.8, 4) is 5.75 Å². The largest absolute Gasteiger partial charge is 0.494 e. The molecular formula is C22H34F2O. The topological polar surface area (TPSA) is 9.23 Å². The predicted octanol–water partition coefficient (Wildman–Crippen LogP) is 7.17. The first-order valence-electron chi connectivity index (χ1n) is 10.2. The minimum Gasteiger partial charge on any atom is -0.494 e. The lowest BCUT2D eigenvalue weighted by molar-refractivity contribution is 0.299. The Kier molecular flexibility index (Phi) is 8.18. The van der Waals surface area contributed by atoms with Crippen LogP contribution in [-0.2, 0) is 6.42 Å². The highest BCUT2D eigenvalue weighted by molar-refractivity contribution is 5.41. The Bertz CT molecular complexity index is 533. The molecular weight excluding hydrogens is 318 g/mol. The van der Waals surface area contributed by atoms with Crippen LogP contribution in [0.5, 0.6) is 5.75 Å². The van der Waals surface area contributed by atoms with Crippen LogP contribution in [0.4, 0.5) is 8.78 Å². The number of rotatable bonds is 9. The minimum absolute atomic E-state index is 0.0535. The molecule has 0 heterocycles. The van der Waals surface area contributed by atoms with Crippen molar-refractivity contribution in [2.24, 2.45) is 5.92 Å². The van der Waals surface area contributed by atoms with E-state index in [0.29, 0.717) is 17.9 Å². The van der Waals surface area contributed by atoms with Gasteiger partial charge in [0.2, 0.25) is 5.82 Å². The fourth-order valence-electron chi connectivity index (χ4n) is 4.22. The molecule has 1 fully saturated rings. The van der Waals surface area contributed by atoms with Crippen LogP contribution in [0.3, 0.4) is 0 Å². The molecule has 0 aromatic heterocycles. The van der Waals surface area contributed by atoms with E-state index in [2.05, 4.69) is 13.8 Å². The maximum absolute atomic E-state index is 14.6. The number of hydrogen-bond acceptors (Lipinski definition) is 1. The first kappa shape index (κ1) is 20.2. The Labute approximate surface area is 152 Å². The molecule has 2 rings (SSSR count). The second-order valence-electron chi connectivity index (χ2n) is 7.59. The van der Waals surface area contributed by atoms with Gasteiger partial charge in [-0.05, 0) is 67.6 Å². The average molecular weight is 353 g/mol. The number of ether oxygens (including phenoxy) is 1. The summed E-state index contributed by atoms with van der Waals surface area (Å²) in [6.45, 7) is 4.32. The van der Waals surface area contributed by atoms with Crippen LogP contribution < -0.4 is 4.74 Å².